The van der Waals surface area contributed by atoms with E-state index >= 15 is 0 Å². The molecule has 2 heterocycles. The molecule has 0 aromatic carbocycles. The first-order chi connectivity index (χ1) is 7.13. The van der Waals surface area contributed by atoms with E-state index in [2.05, 4.69) is 55.7 Å². The predicted molar refractivity (Wildman–Crippen MR) is 71.5 cm³/mol. The first-order valence-electron chi connectivity index (χ1n) is 4.74. The summed E-state index contributed by atoms with van der Waals surface area (Å²) in [6.45, 7) is 4.33. The Morgan fingerprint density at radius 3 is 2.67 bits per heavy atom. The lowest BCUT2D eigenvalue weighted by atomic mass is 10.1. The maximum absolute atomic E-state index is 4.64. The van der Waals surface area contributed by atoms with Crippen LogP contribution in [0.4, 0.5) is 0 Å². The number of hydrogen-bond acceptors (Lipinski definition) is 3. The number of aromatic nitrogens is 2. The monoisotopic (exact) mass is 348 g/mol. The van der Waals surface area contributed by atoms with Crippen LogP contribution < -0.4 is 0 Å². The van der Waals surface area contributed by atoms with Crippen LogP contribution in [0.1, 0.15) is 31.9 Å². The summed E-state index contributed by atoms with van der Waals surface area (Å²) in [5, 5.41) is 0. The second-order valence-corrected chi connectivity index (χ2v) is 7.11. The molecular weight excluding hydrogens is 340 g/mol. The predicted octanol–water partition coefficient (Wildman–Crippen LogP) is 4.73. The van der Waals surface area contributed by atoms with Crippen molar-refractivity contribution in [1.29, 1.82) is 0 Å². The lowest BCUT2D eigenvalue weighted by Gasteiger charge is -2.06. The summed E-state index contributed by atoms with van der Waals surface area (Å²) < 4.78 is 2.08. The maximum atomic E-state index is 4.64. The van der Waals surface area contributed by atoms with Gasteiger partial charge in [-0.05, 0) is 44.2 Å². The van der Waals surface area contributed by atoms with Crippen LogP contribution >= 0.6 is 43.2 Å². The first-order valence-corrected chi connectivity index (χ1v) is 7.14. The van der Waals surface area contributed by atoms with E-state index in [9.17, 15) is 0 Å². The van der Waals surface area contributed by atoms with Crippen molar-refractivity contribution in [2.45, 2.75) is 26.2 Å². The zero-order chi connectivity index (χ0) is 11.0. The molecule has 0 fully saturated rings. The number of fused-ring (bicyclic) bond motifs is 1. The Balaban J connectivity index is 2.60. The zero-order valence-electron chi connectivity index (χ0n) is 8.42. The fourth-order valence-corrected chi connectivity index (χ4v) is 4.14. The number of nitrogens with zero attached hydrogens (tertiary/aromatic N) is 2. The van der Waals surface area contributed by atoms with Gasteiger partial charge in [-0.2, -0.15) is 0 Å². The van der Waals surface area contributed by atoms with Crippen LogP contribution in [-0.4, -0.2) is 9.97 Å². The molecule has 5 heteroatoms. The van der Waals surface area contributed by atoms with E-state index in [4.69, 9.17) is 0 Å². The topological polar surface area (TPSA) is 25.8 Å². The van der Waals surface area contributed by atoms with Crippen LogP contribution in [0.15, 0.2) is 13.8 Å². The van der Waals surface area contributed by atoms with Gasteiger partial charge in [-0.1, -0.05) is 13.8 Å². The van der Waals surface area contributed by atoms with Gasteiger partial charge in [0.2, 0.25) is 0 Å². The third kappa shape index (κ3) is 2.10. The highest BCUT2D eigenvalue weighted by molar-refractivity contribution is 9.12. The maximum Gasteiger partial charge on any atom is 0.115 e. The molecular formula is C10H10Br2N2S. The average Bonchev–Trinajstić information content (AvgIpc) is 2.53. The van der Waals surface area contributed by atoms with Gasteiger partial charge in [0.25, 0.3) is 0 Å². The van der Waals surface area contributed by atoms with Crippen LogP contribution in [0.2, 0.25) is 0 Å². The van der Waals surface area contributed by atoms with Crippen molar-refractivity contribution in [1.82, 2.24) is 9.97 Å². The smallest absolute Gasteiger partial charge is 0.115 e. The molecule has 0 saturated heterocycles. The molecule has 0 amide bonds. The van der Waals surface area contributed by atoms with Gasteiger partial charge in [-0.3, -0.25) is 4.98 Å². The van der Waals surface area contributed by atoms with E-state index in [1.54, 1.807) is 11.3 Å². The van der Waals surface area contributed by atoms with E-state index in [-0.39, 0.29) is 0 Å². The van der Waals surface area contributed by atoms with Crippen LogP contribution in [0, 0.1) is 0 Å². The highest BCUT2D eigenvalue weighted by atomic mass is 79.9. The third-order valence-electron chi connectivity index (χ3n) is 2.46. The molecule has 1 unspecified atom stereocenters. The summed E-state index contributed by atoms with van der Waals surface area (Å²) in [6, 6.07) is 0. The molecule has 15 heavy (non-hydrogen) atoms. The zero-order valence-corrected chi connectivity index (χ0v) is 12.4. The van der Waals surface area contributed by atoms with Crippen molar-refractivity contribution in [2.75, 3.05) is 0 Å². The van der Waals surface area contributed by atoms with Gasteiger partial charge in [0.1, 0.15) is 11.0 Å². The Morgan fingerprint density at radius 2 is 2.00 bits per heavy atom. The molecule has 2 nitrogen and oxygen atoms in total. The Labute approximate surface area is 109 Å². The van der Waals surface area contributed by atoms with Gasteiger partial charge in [-0.25, -0.2) is 4.98 Å². The minimum Gasteiger partial charge on any atom is -0.251 e. The average molecular weight is 350 g/mol. The molecule has 0 bridgehead atoms. The SMILES string of the molecule is CCC(C)c1cnc2c(Br)sc(Br)c2n1. The van der Waals surface area contributed by atoms with Gasteiger partial charge in [0.05, 0.1) is 13.3 Å². The highest BCUT2D eigenvalue weighted by Crippen LogP contribution is 2.37. The Bertz CT molecular complexity index is 495. The van der Waals surface area contributed by atoms with Gasteiger partial charge in [0, 0.05) is 6.20 Å². The molecule has 0 N–H and O–H groups in total. The van der Waals surface area contributed by atoms with E-state index < -0.39 is 0 Å². The summed E-state index contributed by atoms with van der Waals surface area (Å²) >= 11 is 8.61. The summed E-state index contributed by atoms with van der Waals surface area (Å²) in [7, 11) is 0. The summed E-state index contributed by atoms with van der Waals surface area (Å²) in [6.07, 6.45) is 2.96. The van der Waals surface area contributed by atoms with Crippen LogP contribution in [0.5, 0.6) is 0 Å². The summed E-state index contributed by atoms with van der Waals surface area (Å²) in [5.74, 6) is 0.465. The molecule has 2 aromatic rings. The second-order valence-electron chi connectivity index (χ2n) is 3.45. The summed E-state index contributed by atoms with van der Waals surface area (Å²) in [4.78, 5) is 9.08. The van der Waals surface area contributed by atoms with Crippen LogP contribution in [-0.2, 0) is 0 Å². The van der Waals surface area contributed by atoms with E-state index in [0.29, 0.717) is 5.92 Å². The van der Waals surface area contributed by atoms with E-state index in [0.717, 1.165) is 30.7 Å². The number of hydrogen-bond donors (Lipinski definition) is 0. The van der Waals surface area contributed by atoms with E-state index in [1.165, 1.54) is 0 Å². The fraction of sp³-hybridized carbons (Fsp3) is 0.400. The van der Waals surface area contributed by atoms with Gasteiger partial charge < -0.3 is 0 Å². The van der Waals surface area contributed by atoms with Crippen LogP contribution in [0.25, 0.3) is 11.0 Å². The Hall–Kier alpha value is -0.000000000000000167. The second kappa shape index (κ2) is 4.47. The van der Waals surface area contributed by atoms with Crippen LogP contribution in [0.3, 0.4) is 0 Å². The molecule has 0 aliphatic rings. The Kier molecular flexibility index (Phi) is 3.42. The largest absolute Gasteiger partial charge is 0.251 e. The molecule has 80 valence electrons. The highest BCUT2D eigenvalue weighted by Gasteiger charge is 2.13. The molecule has 1 atom stereocenters. The molecule has 0 radical (unpaired) electrons. The van der Waals surface area contributed by atoms with Crippen molar-refractivity contribution in [2.24, 2.45) is 0 Å². The standard InChI is InChI=1S/C10H10Br2N2S/c1-3-5(2)6-4-13-7-8(14-6)10(12)15-9(7)11/h4-5H,3H2,1-2H3. The quantitative estimate of drug-likeness (QED) is 0.783. The van der Waals surface area contributed by atoms with Gasteiger partial charge in [0.15, 0.2) is 0 Å². The van der Waals surface area contributed by atoms with Gasteiger partial charge >= 0.3 is 0 Å². The molecule has 0 aliphatic carbocycles. The van der Waals surface area contributed by atoms with E-state index in [1.807, 2.05) is 6.20 Å². The minimum atomic E-state index is 0.465. The van der Waals surface area contributed by atoms with Crippen molar-refractivity contribution < 1.29 is 0 Å². The normalized spacial score (nSPS) is 13.3. The minimum absolute atomic E-state index is 0.465. The third-order valence-corrected chi connectivity index (χ3v) is 4.93. The van der Waals surface area contributed by atoms with Crippen molar-refractivity contribution in [3.63, 3.8) is 0 Å². The lowest BCUT2D eigenvalue weighted by Crippen LogP contribution is -1.96. The molecule has 0 saturated carbocycles. The van der Waals surface area contributed by atoms with Crippen molar-refractivity contribution in [3.05, 3.63) is 19.5 Å². The summed E-state index contributed by atoms with van der Waals surface area (Å²) in [5.41, 5.74) is 2.97. The van der Waals surface area contributed by atoms with Crippen molar-refractivity contribution >= 4 is 54.2 Å². The molecule has 2 aromatic heterocycles. The Morgan fingerprint density at radius 1 is 1.33 bits per heavy atom. The number of rotatable bonds is 2. The fourth-order valence-electron chi connectivity index (χ4n) is 1.31. The lowest BCUT2D eigenvalue weighted by molar-refractivity contribution is 0.708. The number of thiophene rings is 1. The molecule has 0 aliphatic heterocycles. The first kappa shape index (κ1) is 11.5. The van der Waals surface area contributed by atoms with Gasteiger partial charge in [-0.15, -0.1) is 11.3 Å². The number of halogens is 2. The molecule has 0 spiro atoms. The van der Waals surface area contributed by atoms with Crippen molar-refractivity contribution in [3.8, 4) is 0 Å². The molecule has 2 rings (SSSR count).